The third-order valence-electron chi connectivity index (χ3n) is 7.43. The van der Waals surface area contributed by atoms with Crippen molar-refractivity contribution < 1.29 is 14.3 Å². The van der Waals surface area contributed by atoms with Crippen LogP contribution in [0.2, 0.25) is 0 Å². The second-order valence-electron chi connectivity index (χ2n) is 10.1. The van der Waals surface area contributed by atoms with E-state index in [1.165, 1.54) is 40.7 Å². The van der Waals surface area contributed by atoms with Crippen LogP contribution in [0.3, 0.4) is 0 Å². The van der Waals surface area contributed by atoms with Crippen molar-refractivity contribution in [2.24, 2.45) is 5.73 Å². The topological polar surface area (TPSA) is 75.9 Å². The quantitative estimate of drug-likeness (QED) is 0.225. The fourth-order valence-electron chi connectivity index (χ4n) is 5.29. The van der Waals surface area contributed by atoms with Crippen LogP contribution in [-0.4, -0.2) is 32.1 Å². The maximum absolute atomic E-state index is 11.4. The molecule has 0 fully saturated rings. The van der Waals surface area contributed by atoms with Gasteiger partial charge in [-0.25, -0.2) is 4.79 Å². The van der Waals surface area contributed by atoms with Gasteiger partial charge in [0.25, 0.3) is 0 Å². The van der Waals surface area contributed by atoms with E-state index in [1.807, 2.05) is 36.4 Å². The first-order valence-corrected chi connectivity index (χ1v) is 15.0. The summed E-state index contributed by atoms with van der Waals surface area (Å²) in [5.41, 5.74) is 14.1. The first-order chi connectivity index (χ1) is 19.8. The average Bonchev–Trinajstić information content (AvgIpc) is 3.56. The van der Waals surface area contributed by atoms with Crippen LogP contribution in [0, 0.1) is 0 Å². The van der Waals surface area contributed by atoms with Crippen molar-refractivity contribution in [3.8, 4) is 0 Å². The number of methoxy groups -OCH3 is 1. The molecule has 2 aliphatic heterocycles. The second-order valence-corrected chi connectivity index (χ2v) is 12.0. The lowest BCUT2D eigenvalue weighted by Crippen LogP contribution is -2.19. The van der Waals surface area contributed by atoms with Gasteiger partial charge < -0.3 is 20.3 Å². The number of benzene rings is 4. The minimum absolute atomic E-state index is 0.294. The molecule has 2 heterocycles. The molecule has 2 N–H and O–H groups in total. The number of nitrogens with zero attached hydrogens (tertiary/aromatic N) is 2. The summed E-state index contributed by atoms with van der Waals surface area (Å²) in [7, 11) is 1.40. The summed E-state index contributed by atoms with van der Waals surface area (Å²) in [5.74, 6) is -0.675. The molecule has 8 heteroatoms. The van der Waals surface area contributed by atoms with Crippen LogP contribution < -0.4 is 15.5 Å². The number of nitrogens with two attached hydrogens (primary N) is 1. The van der Waals surface area contributed by atoms with Crippen LogP contribution in [0.25, 0.3) is 0 Å². The molecule has 0 saturated heterocycles. The minimum Gasteiger partial charge on any atom is -0.465 e. The Balaban J connectivity index is 0.000000165. The third-order valence-corrected chi connectivity index (χ3v) is 8.41. The van der Waals surface area contributed by atoms with Gasteiger partial charge in [0.2, 0.25) is 5.91 Å². The summed E-state index contributed by atoms with van der Waals surface area (Å²) in [6.07, 6.45) is 2.16. The van der Waals surface area contributed by atoms with E-state index >= 15 is 0 Å². The SMILES string of the molecule is COC(=O)c1ccc(CN2CCc3cc(Br)ccc32)cc1.NC(=O)c1ccc(CN2CCc3cc(Br)ccc32)cc1. The number of halogens is 2. The summed E-state index contributed by atoms with van der Waals surface area (Å²) in [4.78, 5) is 27.2. The van der Waals surface area contributed by atoms with Crippen LogP contribution in [-0.2, 0) is 30.7 Å². The summed E-state index contributed by atoms with van der Waals surface area (Å²) in [6, 6.07) is 28.0. The van der Waals surface area contributed by atoms with Gasteiger partial charge in [-0.15, -0.1) is 0 Å². The predicted molar refractivity (Wildman–Crippen MR) is 171 cm³/mol. The highest BCUT2D eigenvalue weighted by Crippen LogP contribution is 2.32. The van der Waals surface area contributed by atoms with Crippen molar-refractivity contribution in [1.82, 2.24) is 0 Å². The van der Waals surface area contributed by atoms with Gasteiger partial charge in [0.1, 0.15) is 0 Å². The molecule has 0 saturated carbocycles. The van der Waals surface area contributed by atoms with Gasteiger partial charge in [-0.05, 0) is 95.8 Å². The summed E-state index contributed by atoms with van der Waals surface area (Å²) >= 11 is 7.03. The highest BCUT2D eigenvalue weighted by Gasteiger charge is 2.20. The van der Waals surface area contributed by atoms with E-state index in [1.54, 1.807) is 12.1 Å². The van der Waals surface area contributed by atoms with Crippen molar-refractivity contribution in [3.63, 3.8) is 0 Å². The van der Waals surface area contributed by atoms with Crippen molar-refractivity contribution in [2.75, 3.05) is 30.0 Å². The molecular formula is C33H31Br2N3O3. The average molecular weight is 677 g/mol. The number of hydrogen-bond acceptors (Lipinski definition) is 5. The Kier molecular flexibility index (Phi) is 9.10. The molecule has 0 atom stereocenters. The Morgan fingerprint density at radius 3 is 1.56 bits per heavy atom. The maximum atomic E-state index is 11.4. The molecule has 0 aliphatic carbocycles. The summed E-state index contributed by atoms with van der Waals surface area (Å²) in [6.45, 7) is 3.78. The van der Waals surface area contributed by atoms with Gasteiger partial charge in [0.05, 0.1) is 12.7 Å². The Morgan fingerprint density at radius 1 is 0.707 bits per heavy atom. The number of primary amides is 1. The number of rotatable bonds is 6. The van der Waals surface area contributed by atoms with E-state index < -0.39 is 0 Å². The molecule has 2 aliphatic rings. The second kappa shape index (κ2) is 12.9. The first kappa shape index (κ1) is 28.9. The molecule has 41 heavy (non-hydrogen) atoms. The van der Waals surface area contributed by atoms with E-state index in [4.69, 9.17) is 10.5 Å². The van der Waals surface area contributed by atoms with Crippen LogP contribution in [0.15, 0.2) is 93.9 Å². The highest BCUT2D eigenvalue weighted by atomic mass is 79.9. The number of hydrogen-bond donors (Lipinski definition) is 1. The summed E-state index contributed by atoms with van der Waals surface area (Å²) in [5, 5.41) is 0. The Morgan fingerprint density at radius 2 is 1.15 bits per heavy atom. The predicted octanol–water partition coefficient (Wildman–Crippen LogP) is 6.91. The number of fused-ring (bicyclic) bond motifs is 2. The zero-order chi connectivity index (χ0) is 28.9. The van der Waals surface area contributed by atoms with Gasteiger partial charge in [0.15, 0.2) is 0 Å². The van der Waals surface area contributed by atoms with Crippen LogP contribution in [0.4, 0.5) is 11.4 Å². The molecule has 0 bridgehead atoms. The van der Waals surface area contributed by atoms with E-state index in [9.17, 15) is 9.59 Å². The molecule has 6 rings (SSSR count). The molecule has 4 aromatic rings. The summed E-state index contributed by atoms with van der Waals surface area (Å²) < 4.78 is 6.97. The van der Waals surface area contributed by atoms with Gasteiger partial charge >= 0.3 is 5.97 Å². The lowest BCUT2D eigenvalue weighted by Gasteiger charge is -2.19. The normalized spacial score (nSPS) is 13.2. The van der Waals surface area contributed by atoms with Gasteiger partial charge in [-0.2, -0.15) is 0 Å². The first-order valence-electron chi connectivity index (χ1n) is 13.4. The number of carbonyl (C=O) groups is 2. The third kappa shape index (κ3) is 7.00. The maximum Gasteiger partial charge on any atom is 0.337 e. The fourth-order valence-corrected chi connectivity index (χ4v) is 6.10. The van der Waals surface area contributed by atoms with E-state index in [0.29, 0.717) is 11.1 Å². The number of anilines is 2. The highest BCUT2D eigenvalue weighted by molar-refractivity contribution is 9.10. The fraction of sp³-hybridized carbons (Fsp3) is 0.212. The standard InChI is InChI=1S/C17H16BrNO2.C16H15BrN2O/c1-21-17(20)13-4-2-12(3-5-13)11-19-9-8-14-10-15(18)6-7-16(14)19;17-14-5-6-15-13(9-14)7-8-19(15)10-11-1-3-12(4-2-11)16(18)20/h2-7,10H,8-9,11H2,1H3;1-6,9H,7-8,10H2,(H2,18,20). The Hall–Kier alpha value is -3.62. The molecule has 6 nitrogen and oxygen atoms in total. The van der Waals surface area contributed by atoms with E-state index in [2.05, 4.69) is 78.1 Å². The van der Waals surface area contributed by atoms with Crippen LogP contribution in [0.1, 0.15) is 43.0 Å². The lowest BCUT2D eigenvalue weighted by atomic mass is 10.1. The minimum atomic E-state index is -0.382. The van der Waals surface area contributed by atoms with Crippen molar-refractivity contribution in [1.29, 1.82) is 0 Å². The zero-order valence-electron chi connectivity index (χ0n) is 22.8. The largest absolute Gasteiger partial charge is 0.465 e. The number of amides is 1. The smallest absolute Gasteiger partial charge is 0.337 e. The molecule has 0 aromatic heterocycles. The van der Waals surface area contributed by atoms with Gasteiger partial charge in [-0.3, -0.25) is 4.79 Å². The Labute approximate surface area is 257 Å². The number of ether oxygens (including phenoxy) is 1. The van der Waals surface area contributed by atoms with Crippen LogP contribution in [0.5, 0.6) is 0 Å². The Bertz CT molecular complexity index is 1560. The van der Waals surface area contributed by atoms with Gasteiger partial charge in [-0.1, -0.05) is 56.1 Å². The monoisotopic (exact) mass is 675 g/mol. The number of carbonyl (C=O) groups excluding carboxylic acids is 2. The molecule has 0 radical (unpaired) electrons. The van der Waals surface area contributed by atoms with Crippen molar-refractivity contribution >= 4 is 55.1 Å². The number of esters is 1. The van der Waals surface area contributed by atoms with E-state index in [-0.39, 0.29) is 11.9 Å². The molecule has 1 amide bonds. The van der Waals surface area contributed by atoms with Crippen LogP contribution >= 0.6 is 31.9 Å². The molecule has 0 unspecified atom stereocenters. The molecule has 4 aromatic carbocycles. The molecule has 210 valence electrons. The molecule has 0 spiro atoms. The molecular weight excluding hydrogens is 646 g/mol. The van der Waals surface area contributed by atoms with E-state index in [0.717, 1.165) is 48.0 Å². The van der Waals surface area contributed by atoms with Crippen molar-refractivity contribution in [3.05, 3.63) is 127 Å². The lowest BCUT2D eigenvalue weighted by molar-refractivity contribution is 0.0600. The zero-order valence-corrected chi connectivity index (χ0v) is 25.9. The van der Waals surface area contributed by atoms with Gasteiger partial charge in [0, 0.05) is 52.1 Å². The van der Waals surface area contributed by atoms with Crippen molar-refractivity contribution in [2.45, 2.75) is 25.9 Å².